The van der Waals surface area contributed by atoms with E-state index in [1.165, 1.54) is 23.1 Å². The Bertz CT molecular complexity index is 1310. The van der Waals surface area contributed by atoms with Crippen LogP contribution in [0.5, 0.6) is 0 Å². The number of benzene rings is 2. The first-order chi connectivity index (χ1) is 15.3. The van der Waals surface area contributed by atoms with Crippen LogP contribution in [-0.2, 0) is 9.59 Å². The fourth-order valence-electron chi connectivity index (χ4n) is 3.33. The third-order valence-corrected chi connectivity index (χ3v) is 5.48. The van der Waals surface area contributed by atoms with Crippen LogP contribution in [0.1, 0.15) is 16.9 Å². The van der Waals surface area contributed by atoms with Crippen LogP contribution in [0.15, 0.2) is 64.6 Å². The molecule has 4 rings (SSSR count). The molecule has 2 heterocycles. The number of aryl methyl sites for hydroxylation is 1. The SMILES string of the molecule is Cc1cccc(N2C(=O)/C(=C\c3ccc(-c4ccc([N+](=O)[O-])cc4)o3)C(=O)NC2=S)c1C. The number of hydrogen-bond donors (Lipinski definition) is 1. The maximum Gasteiger partial charge on any atom is 0.270 e. The number of rotatable bonds is 4. The summed E-state index contributed by atoms with van der Waals surface area (Å²) in [7, 11) is 0. The lowest BCUT2D eigenvalue weighted by Crippen LogP contribution is -2.54. The fourth-order valence-corrected chi connectivity index (χ4v) is 3.60. The Labute approximate surface area is 188 Å². The second kappa shape index (κ2) is 8.20. The van der Waals surface area contributed by atoms with Gasteiger partial charge in [-0.05, 0) is 73.6 Å². The Balaban J connectivity index is 1.67. The molecule has 1 aromatic heterocycles. The number of furan rings is 1. The van der Waals surface area contributed by atoms with Crippen molar-refractivity contribution in [2.45, 2.75) is 13.8 Å². The molecule has 1 N–H and O–H groups in total. The predicted molar refractivity (Wildman–Crippen MR) is 123 cm³/mol. The lowest BCUT2D eigenvalue weighted by atomic mass is 10.0. The number of nitrogens with one attached hydrogen (secondary N) is 1. The molecule has 0 unspecified atom stereocenters. The Hall–Kier alpha value is -4.11. The van der Waals surface area contributed by atoms with E-state index >= 15 is 0 Å². The van der Waals surface area contributed by atoms with E-state index in [9.17, 15) is 19.7 Å². The zero-order valence-corrected chi connectivity index (χ0v) is 17.9. The summed E-state index contributed by atoms with van der Waals surface area (Å²) in [6.07, 6.45) is 1.35. The van der Waals surface area contributed by atoms with Crippen molar-refractivity contribution in [2.75, 3.05) is 4.90 Å². The van der Waals surface area contributed by atoms with Crippen molar-refractivity contribution >= 4 is 46.6 Å². The molecular weight excluding hydrogens is 430 g/mol. The van der Waals surface area contributed by atoms with Gasteiger partial charge in [-0.15, -0.1) is 0 Å². The molecule has 2 amide bonds. The molecule has 1 aliphatic heterocycles. The number of amides is 2. The average Bonchev–Trinajstić information content (AvgIpc) is 3.23. The van der Waals surface area contributed by atoms with Gasteiger partial charge in [0.05, 0.1) is 10.6 Å². The highest BCUT2D eigenvalue weighted by atomic mass is 32.1. The van der Waals surface area contributed by atoms with Gasteiger partial charge in [-0.3, -0.25) is 29.9 Å². The molecule has 0 spiro atoms. The van der Waals surface area contributed by atoms with Gasteiger partial charge in [-0.2, -0.15) is 0 Å². The van der Waals surface area contributed by atoms with Crippen molar-refractivity contribution in [3.8, 4) is 11.3 Å². The average molecular weight is 447 g/mol. The zero-order chi connectivity index (χ0) is 23.0. The summed E-state index contributed by atoms with van der Waals surface area (Å²) in [4.78, 5) is 37.3. The lowest BCUT2D eigenvalue weighted by molar-refractivity contribution is -0.384. The summed E-state index contributed by atoms with van der Waals surface area (Å²) in [6, 6.07) is 14.6. The van der Waals surface area contributed by atoms with Crippen LogP contribution in [-0.4, -0.2) is 21.9 Å². The summed E-state index contributed by atoms with van der Waals surface area (Å²) in [5, 5.41) is 13.4. The molecule has 1 aliphatic rings. The quantitative estimate of drug-likeness (QED) is 0.210. The highest BCUT2D eigenvalue weighted by molar-refractivity contribution is 7.80. The first kappa shape index (κ1) is 21.1. The summed E-state index contributed by atoms with van der Waals surface area (Å²) >= 11 is 5.26. The van der Waals surface area contributed by atoms with E-state index in [0.29, 0.717) is 17.0 Å². The molecule has 0 aliphatic carbocycles. The van der Waals surface area contributed by atoms with Crippen molar-refractivity contribution in [3.63, 3.8) is 0 Å². The maximum atomic E-state index is 13.2. The second-order valence-corrected chi connectivity index (χ2v) is 7.57. The van der Waals surface area contributed by atoms with Gasteiger partial charge in [-0.25, -0.2) is 0 Å². The predicted octanol–water partition coefficient (Wildman–Crippen LogP) is 4.30. The first-order valence-electron chi connectivity index (χ1n) is 9.58. The number of nitrogens with zero attached hydrogens (tertiary/aromatic N) is 2. The molecule has 9 heteroatoms. The van der Waals surface area contributed by atoms with Crippen molar-refractivity contribution in [3.05, 3.63) is 87.2 Å². The van der Waals surface area contributed by atoms with Crippen LogP contribution in [0.4, 0.5) is 11.4 Å². The topological polar surface area (TPSA) is 106 Å². The molecule has 3 aromatic rings. The normalized spacial score (nSPS) is 15.2. The van der Waals surface area contributed by atoms with E-state index in [4.69, 9.17) is 16.6 Å². The van der Waals surface area contributed by atoms with Crippen LogP contribution in [0.2, 0.25) is 0 Å². The fraction of sp³-hybridized carbons (Fsp3) is 0.0870. The van der Waals surface area contributed by atoms with E-state index in [-0.39, 0.29) is 22.1 Å². The maximum absolute atomic E-state index is 13.2. The van der Waals surface area contributed by atoms with Crippen molar-refractivity contribution in [1.82, 2.24) is 5.32 Å². The number of non-ortho nitro benzene ring substituents is 1. The van der Waals surface area contributed by atoms with Crippen LogP contribution < -0.4 is 10.2 Å². The molecule has 0 atom stereocenters. The third-order valence-electron chi connectivity index (χ3n) is 5.19. The minimum atomic E-state index is -0.616. The Kier molecular flexibility index (Phi) is 5.41. The van der Waals surface area contributed by atoms with Gasteiger partial charge >= 0.3 is 0 Å². The van der Waals surface area contributed by atoms with Crippen LogP contribution >= 0.6 is 12.2 Å². The minimum Gasteiger partial charge on any atom is -0.457 e. The smallest absolute Gasteiger partial charge is 0.270 e. The summed E-state index contributed by atoms with van der Waals surface area (Å²) in [5.41, 5.74) is 2.92. The van der Waals surface area contributed by atoms with Crippen molar-refractivity contribution in [1.29, 1.82) is 0 Å². The van der Waals surface area contributed by atoms with Crippen LogP contribution in [0, 0.1) is 24.0 Å². The monoisotopic (exact) mass is 447 g/mol. The standard InChI is InChI=1S/C23H17N3O5S/c1-13-4-3-5-19(14(13)2)25-22(28)18(21(27)24-23(25)32)12-17-10-11-20(31-17)15-6-8-16(9-7-15)26(29)30/h3-12H,1-2H3,(H,24,27,32)/b18-12-. The zero-order valence-electron chi connectivity index (χ0n) is 17.1. The molecule has 0 radical (unpaired) electrons. The second-order valence-electron chi connectivity index (χ2n) is 7.18. The Morgan fingerprint density at radius 3 is 2.47 bits per heavy atom. The molecule has 8 nitrogen and oxygen atoms in total. The number of anilines is 1. The van der Waals surface area contributed by atoms with Gasteiger partial charge in [0.15, 0.2) is 5.11 Å². The summed E-state index contributed by atoms with van der Waals surface area (Å²) < 4.78 is 5.75. The van der Waals surface area contributed by atoms with Gasteiger partial charge in [0.25, 0.3) is 17.5 Å². The molecule has 0 saturated carbocycles. The van der Waals surface area contributed by atoms with E-state index < -0.39 is 16.7 Å². The van der Waals surface area contributed by atoms with Gasteiger partial charge in [0.1, 0.15) is 17.1 Å². The highest BCUT2D eigenvalue weighted by Gasteiger charge is 2.35. The van der Waals surface area contributed by atoms with E-state index in [2.05, 4.69) is 5.32 Å². The first-order valence-corrected chi connectivity index (χ1v) is 9.99. The molecule has 1 saturated heterocycles. The number of thiocarbonyl (C=S) groups is 1. The van der Waals surface area contributed by atoms with Gasteiger partial charge in [0.2, 0.25) is 0 Å². The molecule has 0 bridgehead atoms. The van der Waals surface area contributed by atoms with Gasteiger partial charge in [-0.1, -0.05) is 12.1 Å². The lowest BCUT2D eigenvalue weighted by Gasteiger charge is -2.30. The molecule has 32 heavy (non-hydrogen) atoms. The van der Waals surface area contributed by atoms with E-state index in [1.807, 2.05) is 26.0 Å². The highest BCUT2D eigenvalue weighted by Crippen LogP contribution is 2.29. The van der Waals surface area contributed by atoms with Crippen molar-refractivity contribution < 1.29 is 18.9 Å². The van der Waals surface area contributed by atoms with Gasteiger partial charge < -0.3 is 4.42 Å². The van der Waals surface area contributed by atoms with Crippen LogP contribution in [0.25, 0.3) is 17.4 Å². The number of carbonyl (C=O) groups is 2. The number of carbonyl (C=O) groups excluding carboxylic acids is 2. The van der Waals surface area contributed by atoms with Crippen molar-refractivity contribution in [2.24, 2.45) is 0 Å². The molecule has 2 aromatic carbocycles. The Morgan fingerprint density at radius 2 is 1.78 bits per heavy atom. The molecule has 1 fully saturated rings. The number of nitro benzene ring substituents is 1. The summed E-state index contributed by atoms with van der Waals surface area (Å²) in [5.74, 6) is -0.446. The largest absolute Gasteiger partial charge is 0.457 e. The van der Waals surface area contributed by atoms with Crippen LogP contribution in [0.3, 0.4) is 0 Å². The Morgan fingerprint density at radius 1 is 1.06 bits per heavy atom. The van der Waals surface area contributed by atoms with E-state index in [1.54, 1.807) is 30.3 Å². The molecular formula is C23H17N3O5S. The van der Waals surface area contributed by atoms with E-state index in [0.717, 1.165) is 11.1 Å². The molecule has 160 valence electrons. The number of nitro groups is 1. The third kappa shape index (κ3) is 3.81. The number of hydrogen-bond acceptors (Lipinski definition) is 6. The minimum absolute atomic E-state index is 0.0110. The van der Waals surface area contributed by atoms with Gasteiger partial charge in [0, 0.05) is 17.7 Å². The summed E-state index contributed by atoms with van der Waals surface area (Å²) in [6.45, 7) is 3.80.